The lowest BCUT2D eigenvalue weighted by Gasteiger charge is -2.27. The summed E-state index contributed by atoms with van der Waals surface area (Å²) in [7, 11) is -3.17. The van der Waals surface area contributed by atoms with Crippen LogP contribution in [0.1, 0.15) is 21.5 Å². The van der Waals surface area contributed by atoms with Crippen molar-refractivity contribution in [1.29, 1.82) is 0 Å². The molecule has 2 aromatic carbocycles. The van der Waals surface area contributed by atoms with Gasteiger partial charge in [-0.1, -0.05) is 30.3 Å². The molecule has 7 nitrogen and oxygen atoms in total. The van der Waals surface area contributed by atoms with Gasteiger partial charge in [0.25, 0.3) is 10.0 Å². The van der Waals surface area contributed by atoms with Gasteiger partial charge in [-0.05, 0) is 37.1 Å². The van der Waals surface area contributed by atoms with E-state index in [4.69, 9.17) is 0 Å². The standard InChI is InChI=1S/C18H19NO6S/c1-12-7-6-8-13(2)17(12)19(11-16(20)25-3)26(23,24)15-10-5-4-9-14(15)18(21)22/h4-10H,11H2,1-3H3,(H,21,22). The molecule has 0 aromatic heterocycles. The highest BCUT2D eigenvalue weighted by atomic mass is 32.2. The van der Waals surface area contributed by atoms with E-state index in [2.05, 4.69) is 4.74 Å². The molecule has 26 heavy (non-hydrogen) atoms. The second-order valence-electron chi connectivity index (χ2n) is 5.63. The Kier molecular flexibility index (Phi) is 5.66. The number of methoxy groups -OCH3 is 1. The predicted molar refractivity (Wildman–Crippen MR) is 95.9 cm³/mol. The fraction of sp³-hybridized carbons (Fsp3) is 0.222. The molecular weight excluding hydrogens is 358 g/mol. The molecule has 8 heteroatoms. The zero-order chi connectivity index (χ0) is 19.5. The molecular formula is C18H19NO6S. The Morgan fingerprint density at radius 3 is 2.15 bits per heavy atom. The van der Waals surface area contributed by atoms with Crippen LogP contribution in [0.25, 0.3) is 0 Å². The Balaban J connectivity index is 2.73. The number of aryl methyl sites for hydroxylation is 2. The van der Waals surface area contributed by atoms with E-state index in [0.29, 0.717) is 16.8 Å². The van der Waals surface area contributed by atoms with Gasteiger partial charge in [-0.2, -0.15) is 0 Å². The van der Waals surface area contributed by atoms with Gasteiger partial charge >= 0.3 is 11.9 Å². The number of aromatic carboxylic acids is 1. The molecule has 0 saturated heterocycles. The second-order valence-corrected chi connectivity index (χ2v) is 7.46. The number of sulfonamides is 1. The molecule has 2 aromatic rings. The highest BCUT2D eigenvalue weighted by molar-refractivity contribution is 7.93. The fourth-order valence-electron chi connectivity index (χ4n) is 2.65. The maximum atomic E-state index is 13.3. The van der Waals surface area contributed by atoms with E-state index in [1.54, 1.807) is 32.0 Å². The van der Waals surface area contributed by atoms with Crippen molar-refractivity contribution in [3.63, 3.8) is 0 Å². The van der Waals surface area contributed by atoms with Crippen LogP contribution in [-0.2, 0) is 19.6 Å². The van der Waals surface area contributed by atoms with Gasteiger partial charge in [0, 0.05) is 0 Å². The number of benzene rings is 2. The molecule has 0 bridgehead atoms. The number of esters is 1. The quantitative estimate of drug-likeness (QED) is 0.776. The van der Waals surface area contributed by atoms with Crippen molar-refractivity contribution in [2.45, 2.75) is 18.7 Å². The first-order valence-corrected chi connectivity index (χ1v) is 9.12. The molecule has 0 aliphatic carbocycles. The molecule has 0 atom stereocenters. The first-order chi connectivity index (χ1) is 12.2. The molecule has 138 valence electrons. The summed E-state index contributed by atoms with van der Waals surface area (Å²) in [6, 6.07) is 10.5. The topological polar surface area (TPSA) is 101 Å². The summed E-state index contributed by atoms with van der Waals surface area (Å²) in [4.78, 5) is 22.9. The van der Waals surface area contributed by atoms with E-state index in [1.165, 1.54) is 24.3 Å². The Hall–Kier alpha value is -2.87. The minimum atomic E-state index is -4.33. The van der Waals surface area contributed by atoms with Crippen molar-refractivity contribution in [3.05, 3.63) is 59.2 Å². The number of anilines is 1. The first kappa shape index (κ1) is 19.5. The van der Waals surface area contributed by atoms with Gasteiger partial charge in [0.05, 0.1) is 18.4 Å². The number of carboxylic acids is 1. The van der Waals surface area contributed by atoms with Gasteiger partial charge in [-0.25, -0.2) is 13.2 Å². The summed E-state index contributed by atoms with van der Waals surface area (Å²) >= 11 is 0. The molecule has 0 heterocycles. The largest absolute Gasteiger partial charge is 0.478 e. The molecule has 1 N–H and O–H groups in total. The van der Waals surface area contributed by atoms with Gasteiger partial charge in [0.15, 0.2) is 0 Å². The molecule has 2 rings (SSSR count). The van der Waals surface area contributed by atoms with Crippen LogP contribution < -0.4 is 4.31 Å². The third kappa shape index (κ3) is 3.70. The summed E-state index contributed by atoms with van der Waals surface area (Å²) in [5.41, 5.74) is 1.21. The normalized spacial score (nSPS) is 11.0. The van der Waals surface area contributed by atoms with Gasteiger partial charge in [0.2, 0.25) is 0 Å². The van der Waals surface area contributed by atoms with E-state index in [-0.39, 0.29) is 10.5 Å². The van der Waals surface area contributed by atoms with Gasteiger partial charge < -0.3 is 9.84 Å². The number of nitrogens with zero attached hydrogens (tertiary/aromatic N) is 1. The smallest absolute Gasteiger partial charge is 0.337 e. The summed E-state index contributed by atoms with van der Waals surface area (Å²) in [5.74, 6) is -2.13. The fourth-order valence-corrected chi connectivity index (χ4v) is 4.38. The molecule has 0 spiro atoms. The summed E-state index contributed by atoms with van der Waals surface area (Å²) in [5, 5.41) is 9.34. The van der Waals surface area contributed by atoms with Gasteiger partial charge in [0.1, 0.15) is 11.4 Å². The summed E-state index contributed by atoms with van der Waals surface area (Å²) in [6.07, 6.45) is 0. The summed E-state index contributed by atoms with van der Waals surface area (Å²) < 4.78 is 32.1. The molecule has 0 aliphatic rings. The summed E-state index contributed by atoms with van der Waals surface area (Å²) in [6.45, 7) is 2.86. The highest BCUT2D eigenvalue weighted by Gasteiger charge is 2.32. The van der Waals surface area contributed by atoms with Crippen LogP contribution in [0.15, 0.2) is 47.4 Å². The molecule has 0 amide bonds. The maximum Gasteiger partial charge on any atom is 0.337 e. The number of carbonyl (C=O) groups excluding carboxylic acids is 1. The number of hydrogen-bond acceptors (Lipinski definition) is 5. The van der Waals surface area contributed by atoms with E-state index < -0.39 is 28.5 Å². The van der Waals surface area contributed by atoms with Crippen LogP contribution in [0.4, 0.5) is 5.69 Å². The second kappa shape index (κ2) is 7.57. The van der Waals surface area contributed by atoms with E-state index >= 15 is 0 Å². The number of carboxylic acid groups (broad SMARTS) is 1. The van der Waals surface area contributed by atoms with Crippen molar-refractivity contribution in [2.75, 3.05) is 18.0 Å². The van der Waals surface area contributed by atoms with Crippen LogP contribution in [-0.4, -0.2) is 39.1 Å². The van der Waals surface area contributed by atoms with Crippen molar-refractivity contribution < 1.29 is 27.9 Å². The van der Waals surface area contributed by atoms with Crippen molar-refractivity contribution in [2.24, 2.45) is 0 Å². The van der Waals surface area contributed by atoms with Crippen LogP contribution in [0.2, 0.25) is 0 Å². The Morgan fingerprint density at radius 2 is 1.62 bits per heavy atom. The molecule has 0 fully saturated rings. The average molecular weight is 377 g/mol. The predicted octanol–water partition coefficient (Wildman–Crippen LogP) is 2.37. The number of para-hydroxylation sites is 1. The zero-order valence-corrected chi connectivity index (χ0v) is 15.4. The average Bonchev–Trinajstić information content (AvgIpc) is 2.60. The SMILES string of the molecule is COC(=O)CN(c1c(C)cccc1C)S(=O)(=O)c1ccccc1C(=O)O. The van der Waals surface area contributed by atoms with Gasteiger partial charge in [-0.15, -0.1) is 0 Å². The van der Waals surface area contributed by atoms with E-state index in [9.17, 15) is 23.1 Å². The van der Waals surface area contributed by atoms with Crippen LogP contribution >= 0.6 is 0 Å². The Labute approximate surface area is 151 Å². The third-order valence-corrected chi connectivity index (χ3v) is 5.68. The molecule has 0 saturated carbocycles. The van der Waals surface area contributed by atoms with Crippen molar-refractivity contribution in [1.82, 2.24) is 0 Å². The van der Waals surface area contributed by atoms with Crippen molar-refractivity contribution >= 4 is 27.6 Å². The van der Waals surface area contributed by atoms with Crippen LogP contribution in [0.3, 0.4) is 0 Å². The first-order valence-electron chi connectivity index (χ1n) is 7.68. The lowest BCUT2D eigenvalue weighted by Crippen LogP contribution is -2.38. The van der Waals surface area contributed by atoms with Crippen molar-refractivity contribution in [3.8, 4) is 0 Å². The lowest BCUT2D eigenvalue weighted by atomic mass is 10.1. The maximum absolute atomic E-state index is 13.3. The molecule has 0 unspecified atom stereocenters. The van der Waals surface area contributed by atoms with E-state index in [0.717, 1.165) is 11.4 Å². The van der Waals surface area contributed by atoms with Crippen LogP contribution in [0, 0.1) is 13.8 Å². The minimum Gasteiger partial charge on any atom is -0.478 e. The van der Waals surface area contributed by atoms with E-state index in [1.807, 2.05) is 0 Å². The minimum absolute atomic E-state index is 0.318. The monoisotopic (exact) mass is 377 g/mol. The number of rotatable bonds is 6. The number of hydrogen-bond donors (Lipinski definition) is 1. The lowest BCUT2D eigenvalue weighted by molar-refractivity contribution is -0.138. The van der Waals surface area contributed by atoms with Crippen LogP contribution in [0.5, 0.6) is 0 Å². The Bertz CT molecular complexity index is 932. The zero-order valence-electron chi connectivity index (χ0n) is 14.6. The molecule has 0 aliphatic heterocycles. The highest BCUT2D eigenvalue weighted by Crippen LogP contribution is 2.31. The Morgan fingerprint density at radius 1 is 1.04 bits per heavy atom. The molecule has 0 radical (unpaired) electrons. The number of carbonyl (C=O) groups is 2. The third-order valence-electron chi connectivity index (χ3n) is 3.87. The van der Waals surface area contributed by atoms with Gasteiger partial charge in [-0.3, -0.25) is 9.10 Å². The number of ether oxygens (including phenoxy) is 1.